The lowest BCUT2D eigenvalue weighted by molar-refractivity contribution is -0.0498. The Kier molecular flexibility index (Phi) is 5.70. The molecule has 1 aromatic heterocycles. The molecule has 0 aliphatic rings. The van der Waals surface area contributed by atoms with Gasteiger partial charge in [0, 0.05) is 18.0 Å². The third-order valence-electron chi connectivity index (χ3n) is 3.55. The van der Waals surface area contributed by atoms with Gasteiger partial charge < -0.3 is 4.74 Å². The molecule has 9 heteroatoms. The Balaban J connectivity index is 2.00. The van der Waals surface area contributed by atoms with E-state index in [0.29, 0.717) is 16.1 Å². The number of hydrogen-bond donors (Lipinski definition) is 0. The molecular formula is C18H13F4N3OS. The Labute approximate surface area is 155 Å². The fraction of sp³-hybridized carbons (Fsp3) is 0.111. The number of benzene rings is 2. The second kappa shape index (κ2) is 8.17. The molecule has 0 unspecified atom stereocenters. The number of hydrogen-bond acceptors (Lipinski definition) is 4. The van der Waals surface area contributed by atoms with Crippen molar-refractivity contribution in [2.24, 2.45) is 10.1 Å². The van der Waals surface area contributed by atoms with Gasteiger partial charge in [0.15, 0.2) is 0 Å². The van der Waals surface area contributed by atoms with Crippen molar-refractivity contribution < 1.29 is 22.3 Å². The van der Waals surface area contributed by atoms with E-state index in [2.05, 4.69) is 14.8 Å². The molecule has 0 saturated carbocycles. The quantitative estimate of drug-likeness (QED) is 0.463. The smallest absolute Gasteiger partial charge is 0.387 e. The molecule has 2 aromatic carbocycles. The molecule has 3 rings (SSSR count). The van der Waals surface area contributed by atoms with E-state index in [4.69, 9.17) is 0 Å². The van der Waals surface area contributed by atoms with Crippen molar-refractivity contribution in [2.75, 3.05) is 7.05 Å². The van der Waals surface area contributed by atoms with Crippen molar-refractivity contribution in [2.45, 2.75) is 6.61 Å². The molecule has 0 atom stereocenters. The number of rotatable bonds is 5. The van der Waals surface area contributed by atoms with Crippen LogP contribution in [0.25, 0.3) is 11.3 Å². The second-order valence-corrected chi connectivity index (χ2v) is 6.06. The molecule has 0 bridgehead atoms. The Morgan fingerprint density at radius 3 is 2.33 bits per heavy atom. The highest BCUT2D eigenvalue weighted by molar-refractivity contribution is 7.07. The molecule has 0 spiro atoms. The Morgan fingerprint density at radius 1 is 1.07 bits per heavy atom. The van der Waals surface area contributed by atoms with Crippen LogP contribution in [0.4, 0.5) is 17.6 Å². The summed E-state index contributed by atoms with van der Waals surface area (Å²) in [6.45, 7) is -2.91. The zero-order chi connectivity index (χ0) is 19.4. The summed E-state index contributed by atoms with van der Waals surface area (Å²) >= 11 is 1.27. The van der Waals surface area contributed by atoms with Gasteiger partial charge in [-0.15, -0.1) is 11.3 Å². The summed E-state index contributed by atoms with van der Waals surface area (Å²) in [4.78, 5) is 4.58. The minimum Gasteiger partial charge on any atom is -0.435 e. The third-order valence-corrected chi connectivity index (χ3v) is 4.46. The van der Waals surface area contributed by atoms with Gasteiger partial charge in [-0.3, -0.25) is 4.99 Å². The lowest BCUT2D eigenvalue weighted by Crippen LogP contribution is -2.12. The number of halogens is 4. The summed E-state index contributed by atoms with van der Waals surface area (Å²) in [5, 5.41) is 5.90. The number of ether oxygens (including phenoxy) is 1. The molecule has 0 aliphatic heterocycles. The molecule has 0 aliphatic carbocycles. The topological polar surface area (TPSA) is 38.9 Å². The monoisotopic (exact) mass is 395 g/mol. The molecular weight excluding hydrogens is 382 g/mol. The van der Waals surface area contributed by atoms with E-state index in [-0.39, 0.29) is 11.3 Å². The lowest BCUT2D eigenvalue weighted by atomic mass is 10.2. The maximum Gasteiger partial charge on any atom is 0.387 e. The van der Waals surface area contributed by atoms with Crippen LogP contribution in [0, 0.1) is 11.6 Å². The summed E-state index contributed by atoms with van der Waals surface area (Å²) in [6, 6.07) is 9.48. The Bertz CT molecular complexity index is 1010. The van der Waals surface area contributed by atoms with Crippen molar-refractivity contribution in [3.63, 3.8) is 0 Å². The fourth-order valence-corrected chi connectivity index (χ4v) is 3.12. The average molecular weight is 395 g/mol. The molecule has 0 N–H and O–H groups in total. The summed E-state index contributed by atoms with van der Waals surface area (Å²) in [7, 11) is 1.56. The summed E-state index contributed by atoms with van der Waals surface area (Å²) in [5.41, 5.74) is 0.955. The van der Waals surface area contributed by atoms with Crippen molar-refractivity contribution in [1.82, 2.24) is 4.68 Å². The molecule has 0 saturated heterocycles. The zero-order valence-electron chi connectivity index (χ0n) is 13.9. The van der Waals surface area contributed by atoms with Gasteiger partial charge in [0.2, 0.25) is 4.80 Å². The Morgan fingerprint density at radius 2 is 1.74 bits per heavy atom. The van der Waals surface area contributed by atoms with Crippen LogP contribution in [0.15, 0.2) is 57.9 Å². The van der Waals surface area contributed by atoms with Crippen LogP contribution in [-0.4, -0.2) is 24.5 Å². The molecule has 3 aromatic rings. The first kappa shape index (κ1) is 18.8. The number of alkyl halides is 2. The average Bonchev–Trinajstić information content (AvgIpc) is 3.04. The molecule has 27 heavy (non-hydrogen) atoms. The molecule has 0 radical (unpaired) electrons. The van der Waals surface area contributed by atoms with Crippen LogP contribution < -0.4 is 9.54 Å². The van der Waals surface area contributed by atoms with Crippen LogP contribution >= 0.6 is 11.3 Å². The number of aromatic nitrogens is 1. The lowest BCUT2D eigenvalue weighted by Gasteiger charge is -2.07. The molecule has 4 nitrogen and oxygen atoms in total. The van der Waals surface area contributed by atoms with Crippen LogP contribution in [0.5, 0.6) is 5.75 Å². The van der Waals surface area contributed by atoms with Gasteiger partial charge in [-0.1, -0.05) is 6.07 Å². The first-order valence-electron chi connectivity index (χ1n) is 7.66. The molecule has 1 heterocycles. The minimum atomic E-state index is -2.91. The van der Waals surface area contributed by atoms with E-state index in [1.807, 2.05) is 0 Å². The van der Waals surface area contributed by atoms with E-state index in [0.717, 1.165) is 18.3 Å². The summed E-state index contributed by atoms with van der Waals surface area (Å²) < 4.78 is 57.9. The van der Waals surface area contributed by atoms with Gasteiger partial charge in [0.05, 0.1) is 17.5 Å². The van der Waals surface area contributed by atoms with Crippen molar-refractivity contribution in [3.8, 4) is 17.0 Å². The van der Waals surface area contributed by atoms with E-state index in [1.165, 1.54) is 34.2 Å². The van der Waals surface area contributed by atoms with Crippen LogP contribution in [0.2, 0.25) is 0 Å². The van der Waals surface area contributed by atoms with E-state index >= 15 is 0 Å². The van der Waals surface area contributed by atoms with Gasteiger partial charge >= 0.3 is 6.61 Å². The third kappa shape index (κ3) is 4.25. The molecule has 140 valence electrons. The predicted octanol–water partition coefficient (Wildman–Crippen LogP) is 4.51. The Hall–Kier alpha value is -2.94. The van der Waals surface area contributed by atoms with Crippen molar-refractivity contribution in [1.29, 1.82) is 0 Å². The van der Waals surface area contributed by atoms with Crippen molar-refractivity contribution in [3.05, 3.63) is 69.8 Å². The van der Waals surface area contributed by atoms with Gasteiger partial charge in [0.1, 0.15) is 17.4 Å². The number of thiazole rings is 1. The zero-order valence-corrected chi connectivity index (χ0v) is 14.8. The molecule has 0 amide bonds. The van der Waals surface area contributed by atoms with Gasteiger partial charge in [0.25, 0.3) is 0 Å². The first-order chi connectivity index (χ1) is 13.0. The summed E-state index contributed by atoms with van der Waals surface area (Å²) in [5.74, 6) is -1.45. The van der Waals surface area contributed by atoms with Crippen LogP contribution in [-0.2, 0) is 0 Å². The highest BCUT2D eigenvalue weighted by Gasteiger charge is 2.10. The van der Waals surface area contributed by atoms with Gasteiger partial charge in [-0.2, -0.15) is 13.9 Å². The second-order valence-electron chi connectivity index (χ2n) is 5.22. The summed E-state index contributed by atoms with van der Waals surface area (Å²) in [6.07, 6.45) is 1.07. The van der Waals surface area contributed by atoms with Crippen LogP contribution in [0.1, 0.15) is 5.56 Å². The van der Waals surface area contributed by atoms with E-state index in [1.54, 1.807) is 24.6 Å². The van der Waals surface area contributed by atoms with Crippen LogP contribution in [0.3, 0.4) is 0 Å². The number of nitrogens with zero attached hydrogens (tertiary/aromatic N) is 3. The standard InChI is InChI=1S/C18H13F4N3OS/c1-23-18-25(24-9-13-14(19)3-2-4-15(13)20)16(10-27-18)11-5-7-12(8-6-11)26-17(21)22/h2-10,17H,1H3. The maximum atomic E-state index is 13.8. The highest BCUT2D eigenvalue weighted by atomic mass is 32.1. The first-order valence-corrected chi connectivity index (χ1v) is 8.54. The SMILES string of the molecule is CN=c1scc(-c2ccc(OC(F)F)cc2)n1N=Cc1c(F)cccc1F. The minimum absolute atomic E-state index is 0.0212. The fourth-order valence-electron chi connectivity index (χ4n) is 2.32. The van der Waals surface area contributed by atoms with Crippen molar-refractivity contribution >= 4 is 17.6 Å². The van der Waals surface area contributed by atoms with Gasteiger partial charge in [-0.05, 0) is 36.4 Å². The largest absolute Gasteiger partial charge is 0.435 e. The molecule has 0 fully saturated rings. The maximum absolute atomic E-state index is 13.8. The predicted molar refractivity (Wildman–Crippen MR) is 95.2 cm³/mol. The normalized spacial score (nSPS) is 12.3. The van der Waals surface area contributed by atoms with E-state index < -0.39 is 18.2 Å². The van der Waals surface area contributed by atoms with Gasteiger partial charge in [-0.25, -0.2) is 13.5 Å². The highest BCUT2D eigenvalue weighted by Crippen LogP contribution is 2.24. The van der Waals surface area contributed by atoms with E-state index in [9.17, 15) is 17.6 Å².